The first-order chi connectivity index (χ1) is 8.75. The van der Waals surface area contributed by atoms with E-state index < -0.39 is 0 Å². The van der Waals surface area contributed by atoms with Crippen LogP contribution in [0.3, 0.4) is 0 Å². The molecule has 0 fully saturated rings. The van der Waals surface area contributed by atoms with E-state index in [1.807, 2.05) is 0 Å². The van der Waals surface area contributed by atoms with Gasteiger partial charge in [0.05, 0.1) is 6.54 Å². The molecule has 19 heavy (non-hydrogen) atoms. The third-order valence-electron chi connectivity index (χ3n) is 3.36. The predicted molar refractivity (Wildman–Crippen MR) is 80.4 cm³/mol. The summed E-state index contributed by atoms with van der Waals surface area (Å²) >= 11 is 0. The molecule has 1 aromatic rings. The number of aryl methyl sites for hydroxylation is 2. The minimum atomic E-state index is 0.0289. The normalized spacial score (nSPS) is 11.5. The maximum atomic E-state index is 11.5. The Morgan fingerprint density at radius 2 is 1.68 bits per heavy atom. The molecule has 0 heterocycles. The fourth-order valence-electron chi connectivity index (χ4n) is 2.12. The molecule has 0 aliphatic rings. The lowest BCUT2D eigenvalue weighted by Gasteiger charge is -2.22. The van der Waals surface area contributed by atoms with Crippen LogP contribution in [0.1, 0.15) is 43.0 Å². The number of amides is 1. The monoisotopic (exact) mass is 262 g/mol. The van der Waals surface area contributed by atoms with Gasteiger partial charge in [-0.25, -0.2) is 0 Å². The summed E-state index contributed by atoms with van der Waals surface area (Å²) in [6, 6.07) is 4.46. The number of hydrogen-bond donors (Lipinski definition) is 2. The SMILES string of the molecule is CNCC(=O)NCc1c(C)cc(C(C)(C)C)cc1C. The minimum absolute atomic E-state index is 0.0289. The highest BCUT2D eigenvalue weighted by Crippen LogP contribution is 2.26. The van der Waals surface area contributed by atoms with Gasteiger partial charge in [-0.3, -0.25) is 4.79 Å². The second kappa shape index (κ2) is 6.20. The number of carbonyl (C=O) groups excluding carboxylic acids is 1. The Hall–Kier alpha value is -1.35. The smallest absolute Gasteiger partial charge is 0.234 e. The molecule has 0 atom stereocenters. The molecule has 3 nitrogen and oxygen atoms in total. The molecule has 1 aromatic carbocycles. The van der Waals surface area contributed by atoms with Crippen LogP contribution in [-0.2, 0) is 16.8 Å². The fraction of sp³-hybridized carbons (Fsp3) is 0.562. The highest BCUT2D eigenvalue weighted by molar-refractivity contribution is 5.78. The predicted octanol–water partition coefficient (Wildman–Crippen LogP) is 2.44. The van der Waals surface area contributed by atoms with Gasteiger partial charge in [0.1, 0.15) is 0 Å². The molecule has 2 N–H and O–H groups in total. The van der Waals surface area contributed by atoms with Crippen LogP contribution >= 0.6 is 0 Å². The van der Waals surface area contributed by atoms with E-state index in [2.05, 4.69) is 57.4 Å². The summed E-state index contributed by atoms with van der Waals surface area (Å²) in [6.45, 7) is 11.8. The van der Waals surface area contributed by atoms with E-state index in [4.69, 9.17) is 0 Å². The third kappa shape index (κ3) is 4.35. The Balaban J connectivity index is 2.89. The van der Waals surface area contributed by atoms with Crippen LogP contribution in [0.5, 0.6) is 0 Å². The molecule has 0 unspecified atom stereocenters. The molecule has 3 heteroatoms. The van der Waals surface area contributed by atoms with Gasteiger partial charge >= 0.3 is 0 Å². The average molecular weight is 262 g/mol. The van der Waals surface area contributed by atoms with Crippen molar-refractivity contribution in [3.8, 4) is 0 Å². The quantitative estimate of drug-likeness (QED) is 0.875. The zero-order chi connectivity index (χ0) is 14.6. The van der Waals surface area contributed by atoms with Crippen molar-refractivity contribution in [2.75, 3.05) is 13.6 Å². The van der Waals surface area contributed by atoms with Gasteiger partial charge < -0.3 is 10.6 Å². The molecular weight excluding hydrogens is 236 g/mol. The highest BCUT2D eigenvalue weighted by atomic mass is 16.1. The topological polar surface area (TPSA) is 41.1 Å². The molecular formula is C16H26N2O. The van der Waals surface area contributed by atoms with E-state index in [0.29, 0.717) is 13.1 Å². The molecule has 1 rings (SSSR count). The van der Waals surface area contributed by atoms with Crippen LogP contribution in [-0.4, -0.2) is 19.5 Å². The molecule has 0 radical (unpaired) electrons. The largest absolute Gasteiger partial charge is 0.351 e. The van der Waals surface area contributed by atoms with Crippen LogP contribution in [0.4, 0.5) is 0 Å². The number of hydrogen-bond acceptors (Lipinski definition) is 2. The minimum Gasteiger partial charge on any atom is -0.351 e. The van der Waals surface area contributed by atoms with Crippen LogP contribution < -0.4 is 10.6 Å². The summed E-state index contributed by atoms with van der Waals surface area (Å²) in [5, 5.41) is 5.79. The van der Waals surface area contributed by atoms with Crippen molar-refractivity contribution in [1.82, 2.24) is 10.6 Å². The summed E-state index contributed by atoms with van der Waals surface area (Å²) in [5.41, 5.74) is 5.21. The molecule has 0 spiro atoms. The second-order valence-electron chi connectivity index (χ2n) is 6.15. The van der Waals surface area contributed by atoms with Crippen molar-refractivity contribution in [1.29, 1.82) is 0 Å². The standard InChI is InChI=1S/C16H26N2O/c1-11-7-13(16(3,4)5)8-12(2)14(11)9-18-15(19)10-17-6/h7-8,17H,9-10H2,1-6H3,(H,18,19). The summed E-state index contributed by atoms with van der Waals surface area (Å²) in [5.74, 6) is 0.0289. The van der Waals surface area contributed by atoms with Crippen LogP contribution in [0, 0.1) is 13.8 Å². The number of rotatable bonds is 4. The highest BCUT2D eigenvalue weighted by Gasteiger charge is 2.16. The maximum Gasteiger partial charge on any atom is 0.234 e. The lowest BCUT2D eigenvalue weighted by Crippen LogP contribution is -2.32. The summed E-state index contributed by atoms with van der Waals surface area (Å²) in [7, 11) is 1.77. The Kier molecular flexibility index (Phi) is 5.12. The van der Waals surface area contributed by atoms with Crippen LogP contribution in [0.15, 0.2) is 12.1 Å². The first-order valence-corrected chi connectivity index (χ1v) is 6.77. The molecule has 0 aliphatic carbocycles. The van der Waals surface area contributed by atoms with Gasteiger partial charge in [0.2, 0.25) is 5.91 Å². The van der Waals surface area contributed by atoms with E-state index in [1.165, 1.54) is 22.3 Å². The van der Waals surface area contributed by atoms with Crippen molar-refractivity contribution in [3.63, 3.8) is 0 Å². The summed E-state index contributed by atoms with van der Waals surface area (Å²) in [4.78, 5) is 11.5. The first-order valence-electron chi connectivity index (χ1n) is 6.77. The fourth-order valence-corrected chi connectivity index (χ4v) is 2.12. The number of carbonyl (C=O) groups is 1. The summed E-state index contributed by atoms with van der Waals surface area (Å²) < 4.78 is 0. The lowest BCUT2D eigenvalue weighted by atomic mass is 9.84. The molecule has 0 aromatic heterocycles. The first kappa shape index (κ1) is 15.7. The summed E-state index contributed by atoms with van der Waals surface area (Å²) in [6.07, 6.45) is 0. The van der Waals surface area contributed by atoms with E-state index >= 15 is 0 Å². The van der Waals surface area contributed by atoms with Crippen LogP contribution in [0.2, 0.25) is 0 Å². The zero-order valence-corrected chi connectivity index (χ0v) is 13.0. The van der Waals surface area contributed by atoms with E-state index in [0.717, 1.165) is 0 Å². The van der Waals surface area contributed by atoms with Gasteiger partial charge in [0, 0.05) is 6.54 Å². The van der Waals surface area contributed by atoms with Crippen molar-refractivity contribution in [2.45, 2.75) is 46.6 Å². The molecule has 0 bridgehead atoms. The molecule has 0 saturated heterocycles. The van der Waals surface area contributed by atoms with Crippen LogP contribution in [0.25, 0.3) is 0 Å². The maximum absolute atomic E-state index is 11.5. The Morgan fingerprint density at radius 3 is 2.11 bits per heavy atom. The van der Waals surface area contributed by atoms with Gasteiger partial charge in [-0.1, -0.05) is 32.9 Å². The average Bonchev–Trinajstić information content (AvgIpc) is 2.26. The number of nitrogens with one attached hydrogen (secondary N) is 2. The van der Waals surface area contributed by atoms with E-state index in [-0.39, 0.29) is 11.3 Å². The van der Waals surface area contributed by atoms with E-state index in [1.54, 1.807) is 7.05 Å². The molecule has 1 amide bonds. The Bertz CT molecular complexity index is 435. The Morgan fingerprint density at radius 1 is 1.16 bits per heavy atom. The Labute approximate surface area is 116 Å². The molecule has 0 saturated carbocycles. The van der Waals surface area contributed by atoms with Gasteiger partial charge in [-0.15, -0.1) is 0 Å². The van der Waals surface area contributed by atoms with Gasteiger partial charge in [-0.2, -0.15) is 0 Å². The van der Waals surface area contributed by atoms with E-state index in [9.17, 15) is 4.79 Å². The zero-order valence-electron chi connectivity index (χ0n) is 13.0. The second-order valence-corrected chi connectivity index (χ2v) is 6.15. The number of benzene rings is 1. The molecule has 0 aliphatic heterocycles. The van der Waals surface area contributed by atoms with Crippen molar-refractivity contribution in [3.05, 3.63) is 34.4 Å². The van der Waals surface area contributed by atoms with Crippen molar-refractivity contribution >= 4 is 5.91 Å². The van der Waals surface area contributed by atoms with Crippen molar-refractivity contribution < 1.29 is 4.79 Å². The lowest BCUT2D eigenvalue weighted by molar-refractivity contribution is -0.120. The van der Waals surface area contributed by atoms with Gasteiger partial charge in [-0.05, 0) is 48.6 Å². The van der Waals surface area contributed by atoms with Gasteiger partial charge in [0.15, 0.2) is 0 Å². The van der Waals surface area contributed by atoms with Crippen molar-refractivity contribution in [2.24, 2.45) is 0 Å². The molecule has 106 valence electrons. The third-order valence-corrected chi connectivity index (χ3v) is 3.36. The number of likely N-dealkylation sites (N-methyl/N-ethyl adjacent to an activating group) is 1. The van der Waals surface area contributed by atoms with Gasteiger partial charge in [0.25, 0.3) is 0 Å².